The predicted octanol–water partition coefficient (Wildman–Crippen LogP) is 15.5. The van der Waals surface area contributed by atoms with Gasteiger partial charge in [0.25, 0.3) is 0 Å². The zero-order chi connectivity index (χ0) is 40.3. The van der Waals surface area contributed by atoms with Crippen molar-refractivity contribution in [3.63, 3.8) is 0 Å². The summed E-state index contributed by atoms with van der Waals surface area (Å²) >= 11 is 0. The first-order chi connectivity index (χ1) is 28.3. The molecule has 4 saturated carbocycles. The van der Waals surface area contributed by atoms with Crippen LogP contribution in [0.4, 0.5) is 17.1 Å². The van der Waals surface area contributed by atoms with E-state index in [0.717, 1.165) is 23.7 Å². The molecular weight excluding hydrogens is 711 g/mol. The van der Waals surface area contributed by atoms with E-state index in [0.29, 0.717) is 5.41 Å². The van der Waals surface area contributed by atoms with E-state index < -0.39 is 0 Å². The van der Waals surface area contributed by atoms with Gasteiger partial charge in [0, 0.05) is 22.4 Å². The van der Waals surface area contributed by atoms with Gasteiger partial charge >= 0.3 is 0 Å². The molecule has 12 rings (SSSR count). The first-order valence-electron chi connectivity index (χ1n) is 22.8. The van der Waals surface area contributed by atoms with Crippen LogP contribution in [0, 0.1) is 29.1 Å². The maximum atomic E-state index is 2.72. The lowest BCUT2D eigenvalue weighted by atomic mass is 9.27. The molecular formula is C58H59N. The average Bonchev–Trinajstić information content (AvgIpc) is 3.87. The summed E-state index contributed by atoms with van der Waals surface area (Å²) in [5, 5.41) is 0. The van der Waals surface area contributed by atoms with Crippen molar-refractivity contribution in [1.82, 2.24) is 0 Å². The maximum Gasteiger partial charge on any atom is 0.0546 e. The molecule has 2 bridgehead atoms. The average molecular weight is 770 g/mol. The first-order valence-corrected chi connectivity index (χ1v) is 22.8. The van der Waals surface area contributed by atoms with E-state index in [4.69, 9.17) is 0 Å². The Morgan fingerprint density at radius 3 is 1.88 bits per heavy atom. The number of anilines is 3. The molecule has 6 aliphatic carbocycles. The molecule has 1 heteroatoms. The minimum Gasteiger partial charge on any atom is -0.310 e. The third kappa shape index (κ3) is 4.74. The van der Waals surface area contributed by atoms with E-state index in [1.54, 1.807) is 11.1 Å². The second-order valence-electron chi connectivity index (χ2n) is 22.1. The Bertz CT molecular complexity index is 2670. The molecule has 6 aromatic carbocycles. The van der Waals surface area contributed by atoms with Crippen LogP contribution in [-0.2, 0) is 21.7 Å². The molecule has 0 amide bonds. The normalized spacial score (nSPS) is 28.3. The fourth-order valence-electron chi connectivity index (χ4n) is 14.5. The standard InChI is InChI=1S/C58H59N/c1-54(2,3)40-21-17-39(18-22-40)45-33-49-46(44-15-11-12-16-47(44)58(49)52-30-36-29-41-31-53(58)57(41,52)35-36)34-51(45)59(42-23-19-38(20-24-42)37-13-9-8-10-14-37)43-25-26-48-50(32-43)56(6,7)28-27-55(48,4)5/h8-26,32-34,36,41,52-53H,27-31,35H2,1-7H3. The Morgan fingerprint density at radius 2 is 1.15 bits per heavy atom. The number of hydrogen-bond donors (Lipinski definition) is 0. The van der Waals surface area contributed by atoms with Gasteiger partial charge in [0.2, 0.25) is 0 Å². The molecule has 0 aliphatic heterocycles. The lowest BCUT2D eigenvalue weighted by Gasteiger charge is -2.76. The van der Waals surface area contributed by atoms with Crippen molar-refractivity contribution >= 4 is 17.1 Å². The van der Waals surface area contributed by atoms with Crippen molar-refractivity contribution in [1.29, 1.82) is 0 Å². The molecule has 6 atom stereocenters. The van der Waals surface area contributed by atoms with Crippen molar-refractivity contribution < 1.29 is 0 Å². The highest BCUT2D eigenvalue weighted by Crippen LogP contribution is 2.89. The van der Waals surface area contributed by atoms with Crippen molar-refractivity contribution in [3.05, 3.63) is 161 Å². The summed E-state index contributed by atoms with van der Waals surface area (Å²) in [6, 6.07) is 52.3. The molecule has 0 radical (unpaired) electrons. The molecule has 1 nitrogen and oxygen atoms in total. The summed E-state index contributed by atoms with van der Waals surface area (Å²) in [6.45, 7) is 16.8. The van der Waals surface area contributed by atoms with Gasteiger partial charge in [-0.2, -0.15) is 0 Å². The molecule has 0 aromatic heterocycles. The molecule has 0 heterocycles. The van der Waals surface area contributed by atoms with Gasteiger partial charge in [0.05, 0.1) is 5.69 Å². The summed E-state index contributed by atoms with van der Waals surface area (Å²) in [4.78, 5) is 2.62. The zero-order valence-electron chi connectivity index (χ0n) is 36.2. The second kappa shape index (κ2) is 11.9. The van der Waals surface area contributed by atoms with Gasteiger partial charge in [-0.3, -0.25) is 0 Å². The van der Waals surface area contributed by atoms with E-state index in [2.05, 4.69) is 187 Å². The van der Waals surface area contributed by atoms with E-state index in [9.17, 15) is 0 Å². The molecule has 6 aromatic rings. The van der Waals surface area contributed by atoms with Crippen LogP contribution in [0.5, 0.6) is 0 Å². The number of nitrogens with zero attached hydrogens (tertiary/aromatic N) is 1. The van der Waals surface area contributed by atoms with Gasteiger partial charge in [-0.25, -0.2) is 0 Å². The zero-order valence-corrected chi connectivity index (χ0v) is 36.2. The van der Waals surface area contributed by atoms with Gasteiger partial charge in [-0.15, -0.1) is 0 Å². The topological polar surface area (TPSA) is 3.24 Å². The SMILES string of the molecule is CC(C)(C)c1ccc(-c2cc3c(cc2N(c2ccc(-c4ccccc4)cc2)c2ccc4c(c2)C(C)(C)CCC4(C)C)-c2ccccc2C32C3CC4CC5CC2C53C4)cc1. The highest BCUT2D eigenvalue weighted by Gasteiger charge is 2.84. The largest absolute Gasteiger partial charge is 0.310 e. The van der Waals surface area contributed by atoms with Crippen molar-refractivity contribution in [2.24, 2.45) is 29.1 Å². The monoisotopic (exact) mass is 769 g/mol. The molecule has 59 heavy (non-hydrogen) atoms. The summed E-state index contributed by atoms with van der Waals surface area (Å²) in [5.41, 5.74) is 20.5. The highest BCUT2D eigenvalue weighted by atomic mass is 15.1. The number of rotatable bonds is 5. The van der Waals surface area contributed by atoms with Crippen LogP contribution < -0.4 is 4.90 Å². The molecule has 6 unspecified atom stereocenters. The minimum absolute atomic E-state index is 0.0873. The predicted molar refractivity (Wildman–Crippen MR) is 247 cm³/mol. The van der Waals surface area contributed by atoms with Gasteiger partial charge in [0.15, 0.2) is 0 Å². The van der Waals surface area contributed by atoms with Gasteiger partial charge in [-0.05, 0) is 176 Å². The molecule has 0 N–H and O–H groups in total. The quantitative estimate of drug-likeness (QED) is 0.169. The lowest BCUT2D eigenvalue weighted by Crippen LogP contribution is -2.73. The fraction of sp³-hybridized carbons (Fsp3) is 0.379. The highest BCUT2D eigenvalue weighted by molar-refractivity contribution is 5.96. The van der Waals surface area contributed by atoms with Crippen molar-refractivity contribution in [3.8, 4) is 33.4 Å². The summed E-state index contributed by atoms with van der Waals surface area (Å²) in [5.74, 6) is 3.45. The van der Waals surface area contributed by atoms with E-state index >= 15 is 0 Å². The van der Waals surface area contributed by atoms with Gasteiger partial charge in [0.1, 0.15) is 0 Å². The van der Waals surface area contributed by atoms with E-state index in [1.165, 1.54) is 106 Å². The third-order valence-electron chi connectivity index (χ3n) is 17.4. The Hall–Kier alpha value is -4.88. The molecule has 2 spiro atoms. The summed E-state index contributed by atoms with van der Waals surface area (Å²) < 4.78 is 0. The van der Waals surface area contributed by atoms with Crippen LogP contribution in [0.3, 0.4) is 0 Å². The van der Waals surface area contributed by atoms with Gasteiger partial charge in [-0.1, -0.05) is 146 Å². The fourth-order valence-corrected chi connectivity index (χ4v) is 14.5. The first kappa shape index (κ1) is 36.0. The Balaban J connectivity index is 1.12. The summed E-state index contributed by atoms with van der Waals surface area (Å²) in [6.07, 6.45) is 8.22. The second-order valence-corrected chi connectivity index (χ2v) is 22.1. The van der Waals surface area contributed by atoms with Crippen LogP contribution in [0.25, 0.3) is 33.4 Å². The molecule has 0 saturated heterocycles. The maximum absolute atomic E-state index is 2.72. The smallest absolute Gasteiger partial charge is 0.0546 e. The Morgan fingerprint density at radius 1 is 0.508 bits per heavy atom. The summed E-state index contributed by atoms with van der Waals surface area (Å²) in [7, 11) is 0. The van der Waals surface area contributed by atoms with Crippen molar-refractivity contribution in [2.75, 3.05) is 4.90 Å². The third-order valence-corrected chi connectivity index (χ3v) is 17.4. The van der Waals surface area contributed by atoms with Crippen LogP contribution in [0.2, 0.25) is 0 Å². The molecule has 6 aliphatic rings. The number of benzene rings is 6. The molecule has 4 fully saturated rings. The molecule has 296 valence electrons. The number of fused-ring (bicyclic) bond motifs is 9. The van der Waals surface area contributed by atoms with Crippen LogP contribution in [0.15, 0.2) is 133 Å². The van der Waals surface area contributed by atoms with Crippen LogP contribution in [0.1, 0.15) is 115 Å². The van der Waals surface area contributed by atoms with Crippen molar-refractivity contribution in [2.45, 2.75) is 109 Å². The Kier molecular flexibility index (Phi) is 7.26. The van der Waals surface area contributed by atoms with E-state index in [1.807, 2.05) is 0 Å². The lowest BCUT2D eigenvalue weighted by molar-refractivity contribution is -0.231. The van der Waals surface area contributed by atoms with Crippen LogP contribution >= 0.6 is 0 Å². The van der Waals surface area contributed by atoms with Crippen LogP contribution in [-0.4, -0.2) is 0 Å². The number of hydrogen-bond acceptors (Lipinski definition) is 1. The van der Waals surface area contributed by atoms with Gasteiger partial charge < -0.3 is 4.90 Å². The minimum atomic E-state index is 0.0873. The Labute approximate surface area is 352 Å². The van der Waals surface area contributed by atoms with E-state index in [-0.39, 0.29) is 21.7 Å².